The second-order valence-corrected chi connectivity index (χ2v) is 3.22. The van der Waals surface area contributed by atoms with E-state index in [4.69, 9.17) is 21.5 Å². The van der Waals surface area contributed by atoms with Crippen molar-refractivity contribution >= 4 is 11.6 Å². The van der Waals surface area contributed by atoms with Crippen LogP contribution in [-0.2, 0) is 6.54 Å². The van der Waals surface area contributed by atoms with Crippen LogP contribution in [0.2, 0.25) is 5.02 Å². The lowest BCUT2D eigenvalue weighted by atomic mass is 10.1. The molecule has 78 valence electrons. The predicted molar refractivity (Wildman–Crippen MR) is 51.3 cm³/mol. The van der Waals surface area contributed by atoms with Gasteiger partial charge in [-0.3, -0.25) is 0 Å². The Morgan fingerprint density at radius 1 is 1.64 bits per heavy atom. The highest BCUT2D eigenvalue weighted by Crippen LogP contribution is 2.31. The van der Waals surface area contributed by atoms with Crippen molar-refractivity contribution in [1.29, 1.82) is 0 Å². The maximum absolute atomic E-state index is 13.3. The third-order valence-corrected chi connectivity index (χ3v) is 2.41. The molecular weight excluding hydrogens is 209 g/mol. The zero-order chi connectivity index (χ0) is 10.7. The Morgan fingerprint density at radius 3 is 2.79 bits per heavy atom. The second kappa shape index (κ2) is 4.59. The van der Waals surface area contributed by atoms with E-state index in [1.165, 1.54) is 13.2 Å². The molecule has 5 heteroatoms. The molecule has 0 spiro atoms. The molecule has 0 heterocycles. The van der Waals surface area contributed by atoms with Crippen LogP contribution < -0.4 is 10.2 Å². The molecule has 0 aliphatic carbocycles. The van der Waals surface area contributed by atoms with Gasteiger partial charge < -0.3 is 9.94 Å². The molecule has 1 aromatic rings. The van der Waals surface area contributed by atoms with Crippen LogP contribution in [0.15, 0.2) is 6.07 Å². The first kappa shape index (κ1) is 11.2. The molecule has 0 aliphatic heterocycles. The van der Waals surface area contributed by atoms with Gasteiger partial charge in [0.1, 0.15) is 0 Å². The number of benzene rings is 1. The molecule has 2 N–H and O–H groups in total. The molecule has 0 unspecified atom stereocenters. The highest BCUT2D eigenvalue weighted by atomic mass is 35.5. The molecular formula is C9H11ClFNO2. The van der Waals surface area contributed by atoms with Gasteiger partial charge in [0.2, 0.25) is 0 Å². The first-order valence-electron chi connectivity index (χ1n) is 4.00. The van der Waals surface area contributed by atoms with Gasteiger partial charge in [-0.1, -0.05) is 11.6 Å². The van der Waals surface area contributed by atoms with Crippen LogP contribution in [0.4, 0.5) is 4.39 Å². The number of rotatable bonds is 3. The van der Waals surface area contributed by atoms with Crippen LogP contribution in [0.25, 0.3) is 0 Å². The lowest BCUT2D eigenvalue weighted by molar-refractivity contribution is 0.159. The van der Waals surface area contributed by atoms with E-state index in [1.807, 2.05) is 5.48 Å². The smallest absolute Gasteiger partial charge is 0.166 e. The SMILES string of the molecule is COc1c(F)cc(Cl)c(C)c1CNO. The maximum atomic E-state index is 13.3. The Morgan fingerprint density at radius 2 is 2.29 bits per heavy atom. The van der Waals surface area contributed by atoms with Crippen molar-refractivity contribution in [2.75, 3.05) is 7.11 Å². The first-order valence-corrected chi connectivity index (χ1v) is 4.38. The van der Waals surface area contributed by atoms with Gasteiger partial charge in [0.05, 0.1) is 7.11 Å². The number of hydroxylamine groups is 1. The first-order chi connectivity index (χ1) is 6.61. The van der Waals surface area contributed by atoms with E-state index in [2.05, 4.69) is 0 Å². The molecule has 0 bridgehead atoms. The largest absolute Gasteiger partial charge is 0.493 e. The Kier molecular flexibility index (Phi) is 3.69. The van der Waals surface area contributed by atoms with Gasteiger partial charge in [-0.2, -0.15) is 0 Å². The standard InChI is InChI=1S/C9H11ClFNO2/c1-5-6(4-12-13)9(14-2)8(11)3-7(5)10/h3,12-13H,4H2,1-2H3. The molecule has 3 nitrogen and oxygen atoms in total. The fourth-order valence-corrected chi connectivity index (χ4v) is 1.47. The molecule has 14 heavy (non-hydrogen) atoms. The highest BCUT2D eigenvalue weighted by Gasteiger charge is 2.14. The third-order valence-electron chi connectivity index (χ3n) is 2.02. The topological polar surface area (TPSA) is 41.5 Å². The summed E-state index contributed by atoms with van der Waals surface area (Å²) in [5, 5.41) is 8.89. The Labute approximate surface area is 86.4 Å². The molecule has 0 fully saturated rings. The molecule has 0 saturated carbocycles. The van der Waals surface area contributed by atoms with E-state index in [-0.39, 0.29) is 12.3 Å². The average molecular weight is 220 g/mol. The minimum Gasteiger partial charge on any atom is -0.493 e. The van der Waals surface area contributed by atoms with Crippen molar-refractivity contribution in [1.82, 2.24) is 5.48 Å². The summed E-state index contributed by atoms with van der Waals surface area (Å²) >= 11 is 5.78. The highest BCUT2D eigenvalue weighted by molar-refractivity contribution is 6.31. The van der Waals surface area contributed by atoms with Crippen molar-refractivity contribution in [2.24, 2.45) is 0 Å². The van der Waals surface area contributed by atoms with Gasteiger partial charge in [0.25, 0.3) is 0 Å². The fraction of sp³-hybridized carbons (Fsp3) is 0.333. The van der Waals surface area contributed by atoms with Crippen molar-refractivity contribution < 1.29 is 14.3 Å². The van der Waals surface area contributed by atoms with Gasteiger partial charge in [-0.25, -0.2) is 9.87 Å². The monoisotopic (exact) mass is 219 g/mol. The number of nitrogens with one attached hydrogen (secondary N) is 1. The Hall–Kier alpha value is -0.840. The minimum atomic E-state index is -0.534. The summed E-state index contributed by atoms with van der Waals surface area (Å²) in [7, 11) is 1.37. The maximum Gasteiger partial charge on any atom is 0.166 e. The number of ether oxygens (including phenoxy) is 1. The molecule has 0 amide bonds. The van der Waals surface area contributed by atoms with Gasteiger partial charge in [-0.05, 0) is 18.6 Å². The van der Waals surface area contributed by atoms with Crippen molar-refractivity contribution in [3.05, 3.63) is 28.0 Å². The number of hydrogen-bond acceptors (Lipinski definition) is 3. The van der Waals surface area contributed by atoms with Crippen molar-refractivity contribution in [2.45, 2.75) is 13.5 Å². The number of hydrogen-bond donors (Lipinski definition) is 2. The summed E-state index contributed by atoms with van der Waals surface area (Å²) in [6.07, 6.45) is 0. The predicted octanol–water partition coefficient (Wildman–Crippen LogP) is 2.27. The molecule has 0 radical (unpaired) electrons. The van der Waals surface area contributed by atoms with Crippen LogP contribution in [-0.4, -0.2) is 12.3 Å². The third kappa shape index (κ3) is 1.97. The molecule has 0 saturated heterocycles. The van der Waals surface area contributed by atoms with E-state index >= 15 is 0 Å². The number of halogens is 2. The van der Waals surface area contributed by atoms with Gasteiger partial charge in [0.15, 0.2) is 11.6 Å². The summed E-state index contributed by atoms with van der Waals surface area (Å²) in [6.45, 7) is 1.82. The number of methoxy groups -OCH3 is 1. The van der Waals surface area contributed by atoms with Gasteiger partial charge in [-0.15, -0.1) is 0 Å². The molecule has 0 aliphatic rings. The van der Waals surface area contributed by atoms with E-state index in [0.717, 1.165) is 0 Å². The molecule has 0 atom stereocenters. The van der Waals surface area contributed by atoms with Crippen LogP contribution in [0.1, 0.15) is 11.1 Å². The Balaban J connectivity index is 3.32. The molecule has 0 aromatic heterocycles. The summed E-state index contributed by atoms with van der Waals surface area (Å²) < 4.78 is 18.2. The van der Waals surface area contributed by atoms with Crippen LogP contribution in [0, 0.1) is 12.7 Å². The zero-order valence-corrected chi connectivity index (χ0v) is 8.65. The van der Waals surface area contributed by atoms with Gasteiger partial charge >= 0.3 is 0 Å². The lowest BCUT2D eigenvalue weighted by Gasteiger charge is -2.12. The van der Waals surface area contributed by atoms with Crippen molar-refractivity contribution in [3.8, 4) is 5.75 Å². The fourth-order valence-electron chi connectivity index (χ4n) is 1.26. The minimum absolute atomic E-state index is 0.0898. The summed E-state index contributed by atoms with van der Waals surface area (Å²) in [6, 6.07) is 1.19. The molecule has 1 aromatic carbocycles. The van der Waals surface area contributed by atoms with Gasteiger partial charge in [0, 0.05) is 17.1 Å². The second-order valence-electron chi connectivity index (χ2n) is 2.81. The van der Waals surface area contributed by atoms with E-state index in [9.17, 15) is 4.39 Å². The lowest BCUT2D eigenvalue weighted by Crippen LogP contribution is -2.10. The quantitative estimate of drug-likeness (QED) is 0.767. The summed E-state index contributed by atoms with van der Waals surface area (Å²) in [5.41, 5.74) is 3.15. The van der Waals surface area contributed by atoms with Crippen molar-refractivity contribution in [3.63, 3.8) is 0 Å². The van der Waals surface area contributed by atoms with E-state index < -0.39 is 5.82 Å². The zero-order valence-electron chi connectivity index (χ0n) is 7.90. The van der Waals surface area contributed by atoms with Crippen LogP contribution in [0.3, 0.4) is 0 Å². The van der Waals surface area contributed by atoms with Crippen LogP contribution >= 0.6 is 11.6 Å². The average Bonchev–Trinajstić information content (AvgIpc) is 2.14. The summed E-state index contributed by atoms with van der Waals surface area (Å²) in [4.78, 5) is 0. The van der Waals surface area contributed by atoms with E-state index in [0.29, 0.717) is 16.1 Å². The normalized spacial score (nSPS) is 10.4. The van der Waals surface area contributed by atoms with Crippen LogP contribution in [0.5, 0.6) is 5.75 Å². The molecule has 1 rings (SSSR count). The van der Waals surface area contributed by atoms with E-state index in [1.54, 1.807) is 6.92 Å². The Bertz CT molecular complexity index is 344. The summed E-state index contributed by atoms with van der Waals surface area (Å²) in [5.74, 6) is -0.429.